The summed E-state index contributed by atoms with van der Waals surface area (Å²) in [6, 6.07) is 2.48. The number of aliphatic carboxylic acids is 1. The second kappa shape index (κ2) is 8.43. The minimum atomic E-state index is -1.21. The number of methoxy groups -OCH3 is 1. The lowest BCUT2D eigenvalue weighted by Gasteiger charge is -2.21. The molecule has 1 aromatic rings. The predicted octanol–water partition coefficient (Wildman–Crippen LogP) is 1.99. The average Bonchev–Trinajstić information content (AvgIpc) is 2.51. The molecule has 2 N–H and O–H groups in total. The molecule has 0 aliphatic rings. The summed E-state index contributed by atoms with van der Waals surface area (Å²) < 4.78 is 10.3. The van der Waals surface area contributed by atoms with Gasteiger partial charge < -0.3 is 19.9 Å². The predicted molar refractivity (Wildman–Crippen MR) is 88.9 cm³/mol. The Labute approximate surface area is 145 Å². The summed E-state index contributed by atoms with van der Waals surface area (Å²) in [7, 11) is 1.28. The first kappa shape index (κ1) is 20.4. The van der Waals surface area contributed by atoms with Crippen molar-refractivity contribution < 1.29 is 29.1 Å². The molecule has 1 unspecified atom stereocenters. The van der Waals surface area contributed by atoms with E-state index in [1.165, 1.54) is 19.2 Å². The zero-order chi connectivity index (χ0) is 19.2. The molecule has 0 saturated heterocycles. The number of hydrogen-bond donors (Lipinski definition) is 2. The maximum absolute atomic E-state index is 12.2. The van der Waals surface area contributed by atoms with E-state index in [0.717, 1.165) is 6.07 Å². The van der Waals surface area contributed by atoms with Gasteiger partial charge in [0.15, 0.2) is 5.75 Å². The van der Waals surface area contributed by atoms with E-state index in [9.17, 15) is 24.8 Å². The normalized spacial score (nSPS) is 12.3. The molecule has 0 aromatic heterocycles. The topological polar surface area (TPSA) is 128 Å². The standard InChI is InChI=1S/C16H22N2O7/c1-16(2,3)25-8-7-11(15(20)21)17-14(19)10-5-6-13(24-4)12(9-10)18(22)23/h5-6,9,11H,7-8H2,1-4H3,(H,17,19)(H,20,21). The number of benzene rings is 1. The fourth-order valence-corrected chi connectivity index (χ4v) is 1.96. The number of amides is 1. The third kappa shape index (κ3) is 6.38. The Bertz CT molecular complexity index is 652. The number of nitro groups is 1. The van der Waals surface area contributed by atoms with Gasteiger partial charge in [-0.2, -0.15) is 0 Å². The number of carbonyl (C=O) groups excluding carboxylic acids is 1. The Balaban J connectivity index is 2.85. The zero-order valence-electron chi connectivity index (χ0n) is 14.6. The van der Waals surface area contributed by atoms with Crippen LogP contribution < -0.4 is 10.1 Å². The molecule has 9 heteroatoms. The third-order valence-corrected chi connectivity index (χ3v) is 3.18. The van der Waals surface area contributed by atoms with E-state index in [2.05, 4.69) is 5.32 Å². The largest absolute Gasteiger partial charge is 0.490 e. The monoisotopic (exact) mass is 354 g/mol. The summed E-state index contributed by atoms with van der Waals surface area (Å²) in [6.07, 6.45) is 0.0661. The number of carboxylic acids is 1. The van der Waals surface area contributed by atoms with E-state index >= 15 is 0 Å². The van der Waals surface area contributed by atoms with Crippen LogP contribution in [0, 0.1) is 10.1 Å². The summed E-state index contributed by atoms with van der Waals surface area (Å²) in [5.74, 6) is -1.93. The van der Waals surface area contributed by atoms with Gasteiger partial charge in [0, 0.05) is 24.7 Å². The van der Waals surface area contributed by atoms with Crippen molar-refractivity contribution in [3.05, 3.63) is 33.9 Å². The Morgan fingerprint density at radius 2 is 2.00 bits per heavy atom. The van der Waals surface area contributed by atoms with Gasteiger partial charge in [-0.05, 0) is 32.9 Å². The molecule has 0 fully saturated rings. The lowest BCUT2D eigenvalue weighted by atomic mass is 10.1. The second-order valence-corrected chi connectivity index (χ2v) is 6.26. The average molecular weight is 354 g/mol. The van der Waals surface area contributed by atoms with Crippen molar-refractivity contribution in [2.24, 2.45) is 0 Å². The van der Waals surface area contributed by atoms with Gasteiger partial charge in [0.25, 0.3) is 5.91 Å². The van der Waals surface area contributed by atoms with E-state index in [-0.39, 0.29) is 30.0 Å². The fraction of sp³-hybridized carbons (Fsp3) is 0.500. The van der Waals surface area contributed by atoms with Gasteiger partial charge in [0.05, 0.1) is 17.6 Å². The van der Waals surface area contributed by atoms with Crippen molar-refractivity contribution in [3.63, 3.8) is 0 Å². The van der Waals surface area contributed by atoms with E-state index in [1.54, 1.807) is 0 Å². The third-order valence-electron chi connectivity index (χ3n) is 3.18. The number of nitro benzene ring substituents is 1. The molecule has 138 valence electrons. The van der Waals surface area contributed by atoms with Gasteiger partial charge in [-0.15, -0.1) is 0 Å². The molecule has 0 bridgehead atoms. The maximum Gasteiger partial charge on any atom is 0.326 e. The summed E-state index contributed by atoms with van der Waals surface area (Å²) in [6.45, 7) is 5.64. The molecular weight excluding hydrogens is 332 g/mol. The van der Waals surface area contributed by atoms with Crippen LogP contribution in [0.2, 0.25) is 0 Å². The lowest BCUT2D eigenvalue weighted by Crippen LogP contribution is -2.42. The van der Waals surface area contributed by atoms with E-state index in [0.29, 0.717) is 0 Å². The number of nitrogens with zero attached hydrogens (tertiary/aromatic N) is 1. The molecule has 1 amide bonds. The first-order valence-corrected chi connectivity index (χ1v) is 7.55. The first-order valence-electron chi connectivity index (χ1n) is 7.55. The van der Waals surface area contributed by atoms with Crippen LogP contribution in [-0.2, 0) is 9.53 Å². The number of carbonyl (C=O) groups is 2. The number of hydrogen-bond acceptors (Lipinski definition) is 6. The Morgan fingerprint density at radius 1 is 1.36 bits per heavy atom. The maximum atomic E-state index is 12.2. The smallest absolute Gasteiger partial charge is 0.326 e. The number of nitrogens with one attached hydrogen (secondary N) is 1. The van der Waals surface area contributed by atoms with Crippen LogP contribution in [0.25, 0.3) is 0 Å². The first-order chi connectivity index (χ1) is 11.5. The van der Waals surface area contributed by atoms with Gasteiger partial charge in [-0.3, -0.25) is 14.9 Å². The van der Waals surface area contributed by atoms with E-state index < -0.39 is 28.4 Å². The van der Waals surface area contributed by atoms with E-state index in [4.69, 9.17) is 9.47 Å². The number of rotatable bonds is 8. The molecule has 1 aromatic carbocycles. The Morgan fingerprint density at radius 3 is 2.48 bits per heavy atom. The highest BCUT2D eigenvalue weighted by atomic mass is 16.6. The molecule has 0 saturated carbocycles. The van der Waals surface area contributed by atoms with Crippen LogP contribution in [0.4, 0.5) is 5.69 Å². The quantitative estimate of drug-likeness (QED) is 0.539. The molecule has 25 heavy (non-hydrogen) atoms. The van der Waals surface area contributed by atoms with Crippen molar-refractivity contribution in [2.45, 2.75) is 38.8 Å². The van der Waals surface area contributed by atoms with Crippen molar-refractivity contribution in [3.8, 4) is 5.75 Å². The van der Waals surface area contributed by atoms with Crippen LogP contribution in [-0.4, -0.2) is 47.3 Å². The van der Waals surface area contributed by atoms with Crippen molar-refractivity contribution in [1.82, 2.24) is 5.32 Å². The van der Waals surface area contributed by atoms with Gasteiger partial charge >= 0.3 is 11.7 Å². The van der Waals surface area contributed by atoms with E-state index in [1.807, 2.05) is 20.8 Å². The molecule has 1 rings (SSSR count). The van der Waals surface area contributed by atoms with Gasteiger partial charge in [0.1, 0.15) is 6.04 Å². The molecule has 0 heterocycles. The fourth-order valence-electron chi connectivity index (χ4n) is 1.96. The van der Waals surface area contributed by atoms with Crippen molar-refractivity contribution in [1.29, 1.82) is 0 Å². The molecule has 9 nitrogen and oxygen atoms in total. The summed E-state index contributed by atoms with van der Waals surface area (Å²) in [5.41, 5.74) is -0.836. The molecule has 1 atom stereocenters. The summed E-state index contributed by atoms with van der Waals surface area (Å²) in [5, 5.41) is 22.6. The second-order valence-electron chi connectivity index (χ2n) is 6.26. The van der Waals surface area contributed by atoms with Crippen LogP contribution in [0.3, 0.4) is 0 Å². The minimum absolute atomic E-state index is 0.00918. The van der Waals surface area contributed by atoms with Crippen LogP contribution in [0.15, 0.2) is 18.2 Å². The van der Waals surface area contributed by atoms with Gasteiger partial charge in [-0.1, -0.05) is 0 Å². The number of carboxylic acid groups (broad SMARTS) is 1. The highest BCUT2D eigenvalue weighted by molar-refractivity contribution is 5.97. The highest BCUT2D eigenvalue weighted by Crippen LogP contribution is 2.27. The van der Waals surface area contributed by atoms with Crippen molar-refractivity contribution in [2.75, 3.05) is 13.7 Å². The van der Waals surface area contributed by atoms with Crippen molar-refractivity contribution >= 4 is 17.6 Å². The van der Waals surface area contributed by atoms with Gasteiger partial charge in [-0.25, -0.2) is 4.79 Å². The summed E-state index contributed by atoms with van der Waals surface area (Å²) in [4.78, 5) is 33.8. The highest BCUT2D eigenvalue weighted by Gasteiger charge is 2.24. The molecule has 0 radical (unpaired) electrons. The lowest BCUT2D eigenvalue weighted by molar-refractivity contribution is -0.385. The van der Waals surface area contributed by atoms with Crippen LogP contribution >= 0.6 is 0 Å². The Hall–Kier alpha value is -2.68. The molecular formula is C16H22N2O7. The summed E-state index contributed by atoms with van der Waals surface area (Å²) >= 11 is 0. The number of ether oxygens (including phenoxy) is 2. The molecule has 0 aliphatic heterocycles. The SMILES string of the molecule is COc1ccc(C(=O)NC(CCOC(C)(C)C)C(=O)O)cc1[N+](=O)[O-]. The Kier molecular flexibility index (Phi) is 6.86. The van der Waals surface area contributed by atoms with Crippen LogP contribution in [0.1, 0.15) is 37.6 Å². The van der Waals surface area contributed by atoms with Crippen LogP contribution in [0.5, 0.6) is 5.75 Å². The molecule has 0 aliphatic carbocycles. The van der Waals surface area contributed by atoms with Gasteiger partial charge in [0.2, 0.25) is 0 Å². The zero-order valence-corrected chi connectivity index (χ0v) is 14.6. The minimum Gasteiger partial charge on any atom is -0.490 e. The molecule has 0 spiro atoms.